The van der Waals surface area contributed by atoms with Crippen LogP contribution in [-0.4, -0.2) is 34.8 Å². The van der Waals surface area contributed by atoms with Crippen LogP contribution >= 0.6 is 0 Å². The summed E-state index contributed by atoms with van der Waals surface area (Å²) < 4.78 is 7.69. The SMILES string of the molecule is CCOCC1CNCc2nnn(CC3CC3)c21. The monoisotopic (exact) mass is 236 g/mol. The maximum atomic E-state index is 5.57. The Kier molecular flexibility index (Phi) is 3.11. The van der Waals surface area contributed by atoms with E-state index in [1.165, 1.54) is 18.5 Å². The number of rotatable bonds is 5. The fraction of sp³-hybridized carbons (Fsp3) is 0.833. The summed E-state index contributed by atoms with van der Waals surface area (Å²) in [6, 6.07) is 0. The van der Waals surface area contributed by atoms with Crippen LogP contribution in [0.2, 0.25) is 0 Å². The highest BCUT2D eigenvalue weighted by atomic mass is 16.5. The minimum atomic E-state index is 0.410. The van der Waals surface area contributed by atoms with Gasteiger partial charge in [0.05, 0.1) is 12.3 Å². The molecule has 0 radical (unpaired) electrons. The number of nitrogens with one attached hydrogen (secondary N) is 1. The van der Waals surface area contributed by atoms with Gasteiger partial charge in [-0.05, 0) is 25.7 Å². The summed E-state index contributed by atoms with van der Waals surface area (Å²) in [5.41, 5.74) is 2.42. The van der Waals surface area contributed by atoms with Crippen molar-refractivity contribution < 1.29 is 4.74 Å². The van der Waals surface area contributed by atoms with Crippen molar-refractivity contribution in [3.8, 4) is 0 Å². The molecule has 1 aromatic rings. The molecule has 0 aromatic carbocycles. The number of hydrogen-bond acceptors (Lipinski definition) is 4. The molecule has 1 atom stereocenters. The second-order valence-corrected chi connectivity index (χ2v) is 5.03. The summed E-state index contributed by atoms with van der Waals surface area (Å²) in [6.45, 7) is 6.46. The highest BCUT2D eigenvalue weighted by molar-refractivity contribution is 5.19. The van der Waals surface area contributed by atoms with Crippen molar-refractivity contribution in [1.82, 2.24) is 20.3 Å². The zero-order valence-corrected chi connectivity index (χ0v) is 10.4. The van der Waals surface area contributed by atoms with Crippen molar-refractivity contribution in [2.24, 2.45) is 5.92 Å². The molecule has 5 heteroatoms. The van der Waals surface area contributed by atoms with E-state index >= 15 is 0 Å². The van der Waals surface area contributed by atoms with Gasteiger partial charge in [0, 0.05) is 32.2 Å². The Labute approximate surface area is 102 Å². The number of fused-ring (bicyclic) bond motifs is 1. The van der Waals surface area contributed by atoms with E-state index < -0.39 is 0 Å². The van der Waals surface area contributed by atoms with Crippen LogP contribution in [0, 0.1) is 5.92 Å². The zero-order valence-electron chi connectivity index (χ0n) is 10.4. The third kappa shape index (κ3) is 2.35. The Morgan fingerprint density at radius 1 is 1.47 bits per heavy atom. The maximum absolute atomic E-state index is 5.57. The lowest BCUT2D eigenvalue weighted by Crippen LogP contribution is -2.32. The van der Waals surface area contributed by atoms with Crippen LogP contribution in [0.4, 0.5) is 0 Å². The molecule has 1 unspecified atom stereocenters. The van der Waals surface area contributed by atoms with Crippen LogP contribution < -0.4 is 5.32 Å². The van der Waals surface area contributed by atoms with Crippen molar-refractivity contribution >= 4 is 0 Å². The fourth-order valence-electron chi connectivity index (χ4n) is 2.47. The minimum absolute atomic E-state index is 0.410. The largest absolute Gasteiger partial charge is 0.381 e. The first-order valence-corrected chi connectivity index (χ1v) is 6.59. The van der Waals surface area contributed by atoms with Crippen LogP contribution in [-0.2, 0) is 17.8 Å². The number of nitrogens with zero attached hydrogens (tertiary/aromatic N) is 3. The fourth-order valence-corrected chi connectivity index (χ4v) is 2.47. The smallest absolute Gasteiger partial charge is 0.100 e. The lowest BCUT2D eigenvalue weighted by atomic mass is 10.0. The number of hydrogen-bond donors (Lipinski definition) is 1. The van der Waals surface area contributed by atoms with Crippen molar-refractivity contribution in [3.05, 3.63) is 11.4 Å². The van der Waals surface area contributed by atoms with Crippen molar-refractivity contribution in [2.45, 2.75) is 38.8 Å². The summed E-state index contributed by atoms with van der Waals surface area (Å²) in [5, 5.41) is 12.0. The Morgan fingerprint density at radius 2 is 2.35 bits per heavy atom. The first-order valence-electron chi connectivity index (χ1n) is 6.59. The Morgan fingerprint density at radius 3 is 3.12 bits per heavy atom. The summed E-state index contributed by atoms with van der Waals surface area (Å²) in [4.78, 5) is 0. The lowest BCUT2D eigenvalue weighted by Gasteiger charge is -2.23. The van der Waals surface area contributed by atoms with Crippen LogP contribution in [0.5, 0.6) is 0 Å². The third-order valence-corrected chi connectivity index (χ3v) is 3.57. The maximum Gasteiger partial charge on any atom is 0.100 e. The van der Waals surface area contributed by atoms with E-state index in [0.29, 0.717) is 5.92 Å². The lowest BCUT2D eigenvalue weighted by molar-refractivity contribution is 0.126. The Balaban J connectivity index is 1.79. The molecule has 3 rings (SSSR count). The zero-order chi connectivity index (χ0) is 11.7. The van der Waals surface area contributed by atoms with Gasteiger partial charge in [0.2, 0.25) is 0 Å². The molecule has 2 heterocycles. The van der Waals surface area contributed by atoms with Gasteiger partial charge in [-0.25, -0.2) is 4.68 Å². The summed E-state index contributed by atoms with van der Waals surface area (Å²) in [7, 11) is 0. The molecule has 17 heavy (non-hydrogen) atoms. The van der Waals surface area contributed by atoms with Crippen LogP contribution in [0.15, 0.2) is 0 Å². The number of ether oxygens (including phenoxy) is 1. The molecule has 1 N–H and O–H groups in total. The van der Waals surface area contributed by atoms with E-state index in [9.17, 15) is 0 Å². The quantitative estimate of drug-likeness (QED) is 0.825. The van der Waals surface area contributed by atoms with Gasteiger partial charge in [0.15, 0.2) is 0 Å². The molecule has 0 bridgehead atoms. The molecule has 0 saturated heterocycles. The molecule has 1 saturated carbocycles. The van der Waals surface area contributed by atoms with Gasteiger partial charge < -0.3 is 10.1 Å². The second-order valence-electron chi connectivity index (χ2n) is 5.03. The van der Waals surface area contributed by atoms with Gasteiger partial charge in [-0.15, -0.1) is 5.10 Å². The molecule has 1 aliphatic carbocycles. The average Bonchev–Trinajstić information content (AvgIpc) is 3.07. The second kappa shape index (κ2) is 4.74. The summed E-state index contributed by atoms with van der Waals surface area (Å²) in [5.74, 6) is 1.25. The van der Waals surface area contributed by atoms with E-state index in [2.05, 4.69) is 20.3 Å². The molecule has 1 fully saturated rings. The van der Waals surface area contributed by atoms with Gasteiger partial charge >= 0.3 is 0 Å². The van der Waals surface area contributed by atoms with Gasteiger partial charge in [0.1, 0.15) is 5.69 Å². The first kappa shape index (κ1) is 11.2. The van der Waals surface area contributed by atoms with Gasteiger partial charge in [0.25, 0.3) is 0 Å². The van der Waals surface area contributed by atoms with Gasteiger partial charge in [-0.2, -0.15) is 0 Å². The summed E-state index contributed by atoms with van der Waals surface area (Å²) in [6.07, 6.45) is 2.70. The molecule has 5 nitrogen and oxygen atoms in total. The topological polar surface area (TPSA) is 52.0 Å². The van der Waals surface area contributed by atoms with Crippen molar-refractivity contribution in [1.29, 1.82) is 0 Å². The molecule has 1 aromatic heterocycles. The predicted octanol–water partition coefficient (Wildman–Crippen LogP) is 0.911. The van der Waals surface area contributed by atoms with Crippen LogP contribution in [0.25, 0.3) is 0 Å². The number of aromatic nitrogens is 3. The normalized spacial score (nSPS) is 23.7. The first-order chi connectivity index (χ1) is 8.38. The van der Waals surface area contributed by atoms with Gasteiger partial charge in [-0.3, -0.25) is 0 Å². The van der Waals surface area contributed by atoms with Crippen molar-refractivity contribution in [2.75, 3.05) is 19.8 Å². The molecule has 0 spiro atoms. The van der Waals surface area contributed by atoms with E-state index in [-0.39, 0.29) is 0 Å². The highest BCUT2D eigenvalue weighted by Crippen LogP contribution is 2.32. The van der Waals surface area contributed by atoms with E-state index in [4.69, 9.17) is 4.74 Å². The van der Waals surface area contributed by atoms with Crippen LogP contribution in [0.3, 0.4) is 0 Å². The molecule has 0 amide bonds. The summed E-state index contributed by atoms with van der Waals surface area (Å²) >= 11 is 0. The third-order valence-electron chi connectivity index (χ3n) is 3.57. The van der Waals surface area contributed by atoms with E-state index in [1.54, 1.807) is 0 Å². The predicted molar refractivity (Wildman–Crippen MR) is 63.7 cm³/mol. The van der Waals surface area contributed by atoms with Crippen molar-refractivity contribution in [3.63, 3.8) is 0 Å². The highest BCUT2D eigenvalue weighted by Gasteiger charge is 2.29. The standard InChI is InChI=1S/C12H20N4O/c1-2-17-8-10-5-13-6-11-12(10)16(15-14-11)7-9-3-4-9/h9-10,13H,2-8H2,1H3. The Bertz CT molecular complexity index is 386. The van der Waals surface area contributed by atoms with Crippen LogP contribution in [0.1, 0.15) is 37.1 Å². The molecular weight excluding hydrogens is 216 g/mol. The Hall–Kier alpha value is -0.940. The minimum Gasteiger partial charge on any atom is -0.381 e. The molecular formula is C12H20N4O. The molecule has 1 aliphatic heterocycles. The average molecular weight is 236 g/mol. The molecule has 94 valence electrons. The van der Waals surface area contributed by atoms with E-state index in [0.717, 1.165) is 44.5 Å². The van der Waals surface area contributed by atoms with E-state index in [1.807, 2.05) is 6.92 Å². The van der Waals surface area contributed by atoms with Gasteiger partial charge in [-0.1, -0.05) is 5.21 Å². The molecule has 2 aliphatic rings.